The topological polar surface area (TPSA) is 46.2 Å². The minimum atomic E-state index is -3.91. The van der Waals surface area contributed by atoms with Crippen LogP contribution in [0, 0.1) is 5.82 Å². The molecule has 112 valence electrons. The van der Waals surface area contributed by atoms with Crippen LogP contribution >= 0.6 is 0 Å². The fourth-order valence-corrected chi connectivity index (χ4v) is 3.13. The van der Waals surface area contributed by atoms with E-state index in [0.717, 1.165) is 18.1 Å². The van der Waals surface area contributed by atoms with Gasteiger partial charge in [-0.2, -0.15) is 0 Å². The molecule has 0 aliphatic rings. The van der Waals surface area contributed by atoms with Crippen molar-refractivity contribution in [1.82, 2.24) is 0 Å². The van der Waals surface area contributed by atoms with Crippen LogP contribution in [0.15, 0.2) is 53.4 Å². The second-order valence-electron chi connectivity index (χ2n) is 4.97. The zero-order chi connectivity index (χ0) is 15.5. The number of hydrogen-bond acceptors (Lipinski definition) is 2. The summed E-state index contributed by atoms with van der Waals surface area (Å²) in [4.78, 5) is -0.351. The summed E-state index contributed by atoms with van der Waals surface area (Å²) in [6.45, 7) is 4.21. The lowest BCUT2D eigenvalue weighted by atomic mass is 9.99. The maximum absolute atomic E-state index is 13.6. The third kappa shape index (κ3) is 3.61. The fraction of sp³-hybridized carbons (Fsp3) is 0.250. The highest BCUT2D eigenvalue weighted by Gasteiger charge is 2.18. The van der Waals surface area contributed by atoms with E-state index < -0.39 is 15.8 Å². The molecule has 5 heteroatoms. The Kier molecular flexibility index (Phi) is 4.63. The maximum atomic E-state index is 13.6. The molecule has 0 spiro atoms. The Balaban J connectivity index is 2.23. The van der Waals surface area contributed by atoms with Crippen LogP contribution < -0.4 is 4.72 Å². The van der Waals surface area contributed by atoms with E-state index in [-0.39, 0.29) is 4.90 Å². The third-order valence-corrected chi connectivity index (χ3v) is 4.89. The van der Waals surface area contributed by atoms with Crippen LogP contribution in [0.1, 0.15) is 31.7 Å². The van der Waals surface area contributed by atoms with Crippen LogP contribution in [0.5, 0.6) is 0 Å². The van der Waals surface area contributed by atoms with E-state index in [4.69, 9.17) is 0 Å². The number of benzene rings is 2. The van der Waals surface area contributed by atoms with Gasteiger partial charge in [0.15, 0.2) is 0 Å². The lowest BCUT2D eigenvalue weighted by Crippen LogP contribution is -2.14. The third-order valence-electron chi connectivity index (χ3n) is 3.47. The van der Waals surface area contributed by atoms with Gasteiger partial charge in [0.25, 0.3) is 10.0 Å². The van der Waals surface area contributed by atoms with Gasteiger partial charge in [-0.3, -0.25) is 4.72 Å². The van der Waals surface area contributed by atoms with Gasteiger partial charge in [-0.05, 0) is 42.2 Å². The molecule has 2 rings (SSSR count). The monoisotopic (exact) mass is 307 g/mol. The molecule has 1 atom stereocenters. The predicted octanol–water partition coefficient (Wildman–Crippen LogP) is 4.14. The highest BCUT2D eigenvalue weighted by atomic mass is 32.2. The van der Waals surface area contributed by atoms with Crippen molar-refractivity contribution in [3.05, 3.63) is 59.9 Å². The van der Waals surface area contributed by atoms with Crippen molar-refractivity contribution in [2.75, 3.05) is 4.72 Å². The molecule has 0 heterocycles. The zero-order valence-electron chi connectivity index (χ0n) is 12.0. The Labute approximate surface area is 124 Å². The molecular weight excluding hydrogens is 289 g/mol. The van der Waals surface area contributed by atoms with Crippen molar-refractivity contribution < 1.29 is 12.8 Å². The SMILES string of the molecule is CC[C@@H](C)c1ccc(NS(=O)(=O)c2ccccc2F)cc1. The Morgan fingerprint density at radius 3 is 2.29 bits per heavy atom. The Bertz CT molecular complexity index is 711. The molecule has 0 unspecified atom stereocenters. The number of halogens is 1. The fourth-order valence-electron chi connectivity index (χ4n) is 1.99. The first-order valence-corrected chi connectivity index (χ1v) is 8.29. The summed E-state index contributed by atoms with van der Waals surface area (Å²) in [6, 6.07) is 12.5. The molecule has 0 aromatic heterocycles. The average molecular weight is 307 g/mol. The number of sulfonamides is 1. The van der Waals surface area contributed by atoms with Crippen LogP contribution in [0.25, 0.3) is 0 Å². The predicted molar refractivity (Wildman–Crippen MR) is 82.4 cm³/mol. The molecule has 2 aromatic carbocycles. The molecule has 2 aromatic rings. The molecule has 0 aliphatic heterocycles. The molecule has 21 heavy (non-hydrogen) atoms. The van der Waals surface area contributed by atoms with Crippen LogP contribution in [0.2, 0.25) is 0 Å². The summed E-state index contributed by atoms with van der Waals surface area (Å²) in [5.41, 5.74) is 1.57. The number of nitrogens with one attached hydrogen (secondary N) is 1. The van der Waals surface area contributed by atoms with Crippen LogP contribution in [0.4, 0.5) is 10.1 Å². The molecule has 0 radical (unpaired) electrons. The normalized spacial score (nSPS) is 12.9. The highest BCUT2D eigenvalue weighted by Crippen LogP contribution is 2.22. The van der Waals surface area contributed by atoms with E-state index in [1.54, 1.807) is 12.1 Å². The molecule has 0 aliphatic carbocycles. The summed E-state index contributed by atoms with van der Waals surface area (Å²) >= 11 is 0. The second kappa shape index (κ2) is 6.26. The zero-order valence-corrected chi connectivity index (χ0v) is 12.8. The van der Waals surface area contributed by atoms with Gasteiger partial charge >= 0.3 is 0 Å². The van der Waals surface area contributed by atoms with Gasteiger partial charge in [0.05, 0.1) is 0 Å². The largest absolute Gasteiger partial charge is 0.280 e. The molecule has 0 amide bonds. The molecule has 0 saturated heterocycles. The average Bonchev–Trinajstić information content (AvgIpc) is 2.47. The summed E-state index contributed by atoms with van der Waals surface area (Å²) < 4.78 is 40.3. The van der Waals surface area contributed by atoms with Gasteiger partial charge in [0.2, 0.25) is 0 Å². The van der Waals surface area contributed by atoms with E-state index in [2.05, 4.69) is 18.6 Å². The summed E-state index contributed by atoms with van der Waals surface area (Å²) in [5.74, 6) is -0.344. The molecule has 0 fully saturated rings. The van der Waals surface area contributed by atoms with Crippen LogP contribution in [0.3, 0.4) is 0 Å². The van der Waals surface area contributed by atoms with E-state index >= 15 is 0 Å². The van der Waals surface area contributed by atoms with E-state index in [0.29, 0.717) is 11.6 Å². The second-order valence-corrected chi connectivity index (χ2v) is 6.62. The molecule has 0 saturated carbocycles. The van der Waals surface area contributed by atoms with Crippen molar-refractivity contribution in [3.63, 3.8) is 0 Å². The number of rotatable bonds is 5. The van der Waals surface area contributed by atoms with Gasteiger partial charge in [0, 0.05) is 5.69 Å². The number of anilines is 1. The Morgan fingerprint density at radius 1 is 1.10 bits per heavy atom. The van der Waals surface area contributed by atoms with E-state index in [1.165, 1.54) is 18.2 Å². The quantitative estimate of drug-likeness (QED) is 0.902. The van der Waals surface area contributed by atoms with Crippen LogP contribution in [-0.4, -0.2) is 8.42 Å². The smallest absolute Gasteiger partial charge is 0.264 e. The molecule has 3 nitrogen and oxygen atoms in total. The van der Waals surface area contributed by atoms with Gasteiger partial charge in [-0.1, -0.05) is 38.1 Å². The lowest BCUT2D eigenvalue weighted by molar-refractivity contribution is 0.570. The summed E-state index contributed by atoms with van der Waals surface area (Å²) in [5, 5.41) is 0. The Hall–Kier alpha value is -1.88. The molecule has 1 N–H and O–H groups in total. The van der Waals surface area contributed by atoms with Crippen molar-refractivity contribution in [2.24, 2.45) is 0 Å². The van der Waals surface area contributed by atoms with Gasteiger partial charge in [0.1, 0.15) is 10.7 Å². The standard InChI is InChI=1S/C16H18FNO2S/c1-3-12(2)13-8-10-14(11-9-13)18-21(19,20)16-7-5-4-6-15(16)17/h4-12,18H,3H2,1-2H3/t12-/m1/s1. The summed E-state index contributed by atoms with van der Waals surface area (Å²) in [6.07, 6.45) is 1.01. The van der Waals surface area contributed by atoms with Crippen molar-refractivity contribution >= 4 is 15.7 Å². The van der Waals surface area contributed by atoms with E-state index in [9.17, 15) is 12.8 Å². The highest BCUT2D eigenvalue weighted by molar-refractivity contribution is 7.92. The van der Waals surface area contributed by atoms with E-state index in [1.807, 2.05) is 12.1 Å². The lowest BCUT2D eigenvalue weighted by Gasteiger charge is -2.12. The first-order chi connectivity index (χ1) is 9.94. The summed E-state index contributed by atoms with van der Waals surface area (Å²) in [7, 11) is -3.91. The minimum absolute atomic E-state index is 0.351. The maximum Gasteiger partial charge on any atom is 0.264 e. The van der Waals surface area contributed by atoms with Crippen molar-refractivity contribution in [3.8, 4) is 0 Å². The van der Waals surface area contributed by atoms with Crippen molar-refractivity contribution in [1.29, 1.82) is 0 Å². The Morgan fingerprint density at radius 2 is 1.71 bits per heavy atom. The van der Waals surface area contributed by atoms with Gasteiger partial charge in [-0.15, -0.1) is 0 Å². The molecular formula is C16H18FNO2S. The molecule has 0 bridgehead atoms. The van der Waals surface area contributed by atoms with Gasteiger partial charge in [-0.25, -0.2) is 12.8 Å². The minimum Gasteiger partial charge on any atom is -0.280 e. The number of hydrogen-bond donors (Lipinski definition) is 1. The van der Waals surface area contributed by atoms with Crippen LogP contribution in [-0.2, 0) is 10.0 Å². The van der Waals surface area contributed by atoms with Crippen molar-refractivity contribution in [2.45, 2.75) is 31.1 Å². The first kappa shape index (κ1) is 15.5. The van der Waals surface area contributed by atoms with Gasteiger partial charge < -0.3 is 0 Å². The first-order valence-electron chi connectivity index (χ1n) is 6.81.